The number of ether oxygens (including phenoxy) is 1. The molecule has 21 heavy (non-hydrogen) atoms. The van der Waals surface area contributed by atoms with Gasteiger partial charge < -0.3 is 10.1 Å². The Kier molecular flexibility index (Phi) is 3.64. The first-order chi connectivity index (χ1) is 10.4. The van der Waals surface area contributed by atoms with Gasteiger partial charge in [0.15, 0.2) is 0 Å². The van der Waals surface area contributed by atoms with E-state index in [1.54, 1.807) is 0 Å². The lowest BCUT2D eigenvalue weighted by Gasteiger charge is -2.39. The molecule has 3 aliphatic rings. The van der Waals surface area contributed by atoms with Crippen LogP contribution in [-0.2, 0) is 0 Å². The average Bonchev–Trinajstić information content (AvgIpc) is 2.87. The summed E-state index contributed by atoms with van der Waals surface area (Å²) in [5.41, 5.74) is 1.79. The summed E-state index contributed by atoms with van der Waals surface area (Å²) in [7, 11) is 0. The highest BCUT2D eigenvalue weighted by Gasteiger charge is 2.39. The predicted octanol–water partition coefficient (Wildman–Crippen LogP) is 3.12. The maximum Gasteiger partial charge on any atom is 0.124 e. The second-order valence-electron chi connectivity index (χ2n) is 6.93. The van der Waals surface area contributed by atoms with E-state index < -0.39 is 0 Å². The molecule has 0 amide bonds. The first kappa shape index (κ1) is 13.6. The van der Waals surface area contributed by atoms with Crippen LogP contribution in [0.5, 0.6) is 5.75 Å². The van der Waals surface area contributed by atoms with Crippen molar-refractivity contribution in [1.29, 1.82) is 0 Å². The Morgan fingerprint density at radius 1 is 1.14 bits per heavy atom. The fraction of sp³-hybridized carbons (Fsp3) is 0.667. The van der Waals surface area contributed by atoms with Crippen LogP contribution in [0.3, 0.4) is 0 Å². The van der Waals surface area contributed by atoms with Gasteiger partial charge in [-0.25, -0.2) is 0 Å². The number of hydrogen-bond acceptors (Lipinski definition) is 3. The Balaban J connectivity index is 1.60. The Bertz CT molecular complexity index is 496. The Morgan fingerprint density at radius 2 is 2.00 bits per heavy atom. The van der Waals surface area contributed by atoms with Crippen LogP contribution in [0.25, 0.3) is 0 Å². The number of para-hydroxylation sites is 1. The van der Waals surface area contributed by atoms with Gasteiger partial charge in [-0.2, -0.15) is 0 Å². The second-order valence-corrected chi connectivity index (χ2v) is 6.93. The Labute approximate surface area is 127 Å². The third-order valence-corrected chi connectivity index (χ3v) is 5.56. The summed E-state index contributed by atoms with van der Waals surface area (Å²) in [4.78, 5) is 2.74. The SMILES string of the molecule is c1ccc2c(c1)OCCC2N1CCCNC2(CCCC2)C1. The molecule has 2 heterocycles. The van der Waals surface area contributed by atoms with Crippen LogP contribution in [0, 0.1) is 0 Å². The maximum absolute atomic E-state index is 5.85. The van der Waals surface area contributed by atoms with Crippen molar-refractivity contribution in [3.63, 3.8) is 0 Å². The molecule has 1 spiro atoms. The fourth-order valence-corrected chi connectivity index (χ4v) is 4.51. The van der Waals surface area contributed by atoms with Crippen molar-refractivity contribution in [1.82, 2.24) is 10.2 Å². The largest absolute Gasteiger partial charge is 0.493 e. The van der Waals surface area contributed by atoms with Crippen molar-refractivity contribution in [2.45, 2.75) is 50.1 Å². The van der Waals surface area contributed by atoms with Gasteiger partial charge in [-0.3, -0.25) is 4.90 Å². The molecule has 1 saturated heterocycles. The number of fused-ring (bicyclic) bond motifs is 1. The molecule has 1 aliphatic carbocycles. The van der Waals surface area contributed by atoms with Crippen molar-refractivity contribution in [3.05, 3.63) is 29.8 Å². The first-order valence-corrected chi connectivity index (χ1v) is 8.57. The summed E-state index contributed by atoms with van der Waals surface area (Å²) >= 11 is 0. The monoisotopic (exact) mass is 286 g/mol. The van der Waals surface area contributed by atoms with E-state index in [9.17, 15) is 0 Å². The van der Waals surface area contributed by atoms with Crippen LogP contribution >= 0.6 is 0 Å². The van der Waals surface area contributed by atoms with E-state index in [-0.39, 0.29) is 0 Å². The lowest BCUT2D eigenvalue weighted by molar-refractivity contribution is 0.117. The van der Waals surface area contributed by atoms with Crippen LogP contribution in [0.4, 0.5) is 0 Å². The van der Waals surface area contributed by atoms with E-state index in [2.05, 4.69) is 34.5 Å². The molecule has 2 aliphatic heterocycles. The van der Waals surface area contributed by atoms with Gasteiger partial charge in [-0.05, 0) is 31.9 Å². The van der Waals surface area contributed by atoms with E-state index in [0.717, 1.165) is 18.8 Å². The van der Waals surface area contributed by atoms with Gasteiger partial charge in [0.1, 0.15) is 5.75 Å². The Morgan fingerprint density at radius 3 is 2.90 bits per heavy atom. The van der Waals surface area contributed by atoms with Crippen molar-refractivity contribution in [2.24, 2.45) is 0 Å². The van der Waals surface area contributed by atoms with E-state index >= 15 is 0 Å². The molecule has 3 heteroatoms. The minimum atomic E-state index is 0.393. The molecule has 1 N–H and O–H groups in total. The van der Waals surface area contributed by atoms with E-state index in [1.807, 2.05) is 0 Å². The van der Waals surface area contributed by atoms with Crippen molar-refractivity contribution >= 4 is 0 Å². The molecular weight excluding hydrogens is 260 g/mol. The molecule has 114 valence electrons. The Hall–Kier alpha value is -1.06. The average molecular weight is 286 g/mol. The molecule has 3 nitrogen and oxygen atoms in total. The van der Waals surface area contributed by atoms with Crippen LogP contribution < -0.4 is 10.1 Å². The molecule has 0 aromatic heterocycles. The molecule has 1 saturated carbocycles. The zero-order valence-corrected chi connectivity index (χ0v) is 12.8. The van der Waals surface area contributed by atoms with Gasteiger partial charge in [-0.1, -0.05) is 31.0 Å². The smallest absolute Gasteiger partial charge is 0.124 e. The summed E-state index contributed by atoms with van der Waals surface area (Å²) in [6.07, 6.45) is 7.90. The van der Waals surface area contributed by atoms with E-state index in [0.29, 0.717) is 11.6 Å². The van der Waals surface area contributed by atoms with Crippen LogP contribution in [0.2, 0.25) is 0 Å². The number of nitrogens with zero attached hydrogens (tertiary/aromatic N) is 1. The number of nitrogens with one attached hydrogen (secondary N) is 1. The molecule has 0 radical (unpaired) electrons. The maximum atomic E-state index is 5.85. The highest BCUT2D eigenvalue weighted by atomic mass is 16.5. The van der Waals surface area contributed by atoms with Crippen molar-refractivity contribution in [2.75, 3.05) is 26.2 Å². The van der Waals surface area contributed by atoms with Crippen LogP contribution in [-0.4, -0.2) is 36.7 Å². The minimum Gasteiger partial charge on any atom is -0.493 e. The first-order valence-electron chi connectivity index (χ1n) is 8.57. The predicted molar refractivity (Wildman–Crippen MR) is 84.7 cm³/mol. The molecule has 1 aromatic carbocycles. The lowest BCUT2D eigenvalue weighted by atomic mass is 9.93. The highest BCUT2D eigenvalue weighted by molar-refractivity contribution is 5.37. The van der Waals surface area contributed by atoms with Gasteiger partial charge in [0.05, 0.1) is 6.61 Å². The van der Waals surface area contributed by atoms with Crippen molar-refractivity contribution < 1.29 is 4.74 Å². The molecule has 4 rings (SSSR count). The van der Waals surface area contributed by atoms with E-state index in [4.69, 9.17) is 4.74 Å². The zero-order chi connectivity index (χ0) is 14.1. The molecule has 1 aromatic rings. The zero-order valence-electron chi connectivity index (χ0n) is 12.8. The van der Waals surface area contributed by atoms with Gasteiger partial charge >= 0.3 is 0 Å². The summed E-state index contributed by atoms with van der Waals surface area (Å²) in [5, 5.41) is 3.88. The quantitative estimate of drug-likeness (QED) is 0.858. The van der Waals surface area contributed by atoms with E-state index in [1.165, 1.54) is 57.3 Å². The molecule has 0 bridgehead atoms. The number of rotatable bonds is 1. The number of benzene rings is 1. The lowest BCUT2D eigenvalue weighted by Crippen LogP contribution is -2.50. The molecule has 1 unspecified atom stereocenters. The summed E-state index contributed by atoms with van der Waals surface area (Å²) < 4.78 is 5.85. The summed E-state index contributed by atoms with van der Waals surface area (Å²) in [6, 6.07) is 9.18. The molecule has 2 fully saturated rings. The molecular formula is C18H26N2O. The van der Waals surface area contributed by atoms with Gasteiger partial charge in [0, 0.05) is 36.7 Å². The van der Waals surface area contributed by atoms with Crippen molar-refractivity contribution in [3.8, 4) is 5.75 Å². The summed E-state index contributed by atoms with van der Waals surface area (Å²) in [5.74, 6) is 1.10. The van der Waals surface area contributed by atoms with Gasteiger partial charge in [0.2, 0.25) is 0 Å². The normalized spacial score (nSPS) is 28.9. The standard InChI is InChI=1S/C18H26N2O/c1-2-7-17-15(6-1)16(8-13-21-17)20-12-5-11-19-18(14-20)9-3-4-10-18/h1-2,6-7,16,19H,3-5,8-14H2. The van der Waals surface area contributed by atoms with Crippen LogP contribution in [0.15, 0.2) is 24.3 Å². The number of hydrogen-bond donors (Lipinski definition) is 1. The highest BCUT2D eigenvalue weighted by Crippen LogP contribution is 2.39. The topological polar surface area (TPSA) is 24.5 Å². The summed E-state index contributed by atoms with van der Waals surface area (Å²) in [6.45, 7) is 4.47. The van der Waals surface area contributed by atoms with Crippen LogP contribution in [0.1, 0.15) is 50.1 Å². The van der Waals surface area contributed by atoms with Gasteiger partial charge in [-0.15, -0.1) is 0 Å². The molecule has 1 atom stereocenters. The second kappa shape index (κ2) is 5.62. The third kappa shape index (κ3) is 2.58. The third-order valence-electron chi connectivity index (χ3n) is 5.56. The minimum absolute atomic E-state index is 0.393. The van der Waals surface area contributed by atoms with Gasteiger partial charge in [0.25, 0.3) is 0 Å². The fourth-order valence-electron chi connectivity index (χ4n) is 4.51.